The molecule has 3 aromatic carbocycles. The van der Waals surface area contributed by atoms with Gasteiger partial charge in [0.2, 0.25) is 0 Å². The van der Waals surface area contributed by atoms with Crippen LogP contribution in [0.2, 0.25) is 0 Å². The summed E-state index contributed by atoms with van der Waals surface area (Å²) in [5.74, 6) is 0. The van der Waals surface area contributed by atoms with Gasteiger partial charge in [-0.25, -0.2) is 9.97 Å². The SMILES string of the molecule is Cc1cc(CC(C)(C)C)ccc1-c1sc2c(-c3ccc4ccccc4c3)ncnc2c1C. The van der Waals surface area contributed by atoms with E-state index in [2.05, 4.69) is 100 Å². The van der Waals surface area contributed by atoms with E-state index in [0.29, 0.717) is 0 Å². The fourth-order valence-corrected chi connectivity index (χ4v) is 5.89. The first-order chi connectivity index (χ1) is 15.3. The van der Waals surface area contributed by atoms with Gasteiger partial charge in [-0.15, -0.1) is 11.3 Å². The van der Waals surface area contributed by atoms with Gasteiger partial charge < -0.3 is 0 Å². The van der Waals surface area contributed by atoms with Crippen molar-refractivity contribution in [1.82, 2.24) is 9.97 Å². The number of benzene rings is 3. The van der Waals surface area contributed by atoms with Crippen LogP contribution in [0.4, 0.5) is 0 Å². The van der Waals surface area contributed by atoms with Crippen molar-refractivity contribution in [1.29, 1.82) is 0 Å². The van der Waals surface area contributed by atoms with Crippen molar-refractivity contribution in [3.05, 3.63) is 83.7 Å². The van der Waals surface area contributed by atoms with Gasteiger partial charge in [0.1, 0.15) is 6.33 Å². The zero-order chi connectivity index (χ0) is 22.5. The maximum atomic E-state index is 4.71. The normalized spacial score (nSPS) is 12.0. The number of nitrogens with zero attached hydrogens (tertiary/aromatic N) is 2. The standard InChI is InChI=1S/C29H28N2S/c1-18-14-20(16-29(3,4)5)10-13-24(18)27-19(2)25-28(32-27)26(31-17-30-25)23-12-11-21-8-6-7-9-22(21)15-23/h6-15,17H,16H2,1-5H3. The number of thiophene rings is 1. The van der Waals surface area contributed by atoms with Crippen LogP contribution in [0.3, 0.4) is 0 Å². The molecule has 0 N–H and O–H groups in total. The highest BCUT2D eigenvalue weighted by Gasteiger charge is 2.18. The summed E-state index contributed by atoms with van der Waals surface area (Å²) >= 11 is 1.81. The van der Waals surface area contributed by atoms with E-state index in [1.165, 1.54) is 37.9 Å². The molecule has 5 aromatic rings. The Morgan fingerprint density at radius 3 is 2.38 bits per heavy atom. The van der Waals surface area contributed by atoms with E-state index in [1.807, 2.05) is 11.3 Å². The van der Waals surface area contributed by atoms with Crippen LogP contribution in [-0.4, -0.2) is 9.97 Å². The van der Waals surface area contributed by atoms with Gasteiger partial charge in [-0.2, -0.15) is 0 Å². The Hall–Kier alpha value is -3.04. The van der Waals surface area contributed by atoms with Crippen LogP contribution in [-0.2, 0) is 6.42 Å². The maximum absolute atomic E-state index is 4.71. The molecule has 32 heavy (non-hydrogen) atoms. The number of rotatable bonds is 3. The topological polar surface area (TPSA) is 25.8 Å². The Labute approximate surface area is 194 Å². The molecule has 2 aromatic heterocycles. The van der Waals surface area contributed by atoms with Crippen molar-refractivity contribution in [2.45, 2.75) is 41.0 Å². The number of fused-ring (bicyclic) bond motifs is 2. The smallest absolute Gasteiger partial charge is 0.116 e. The second-order valence-electron chi connectivity index (χ2n) is 9.90. The average molecular weight is 437 g/mol. The first kappa shape index (κ1) is 20.8. The highest BCUT2D eigenvalue weighted by Crippen LogP contribution is 2.42. The summed E-state index contributed by atoms with van der Waals surface area (Å²) in [6.07, 6.45) is 2.78. The molecule has 0 aliphatic rings. The zero-order valence-corrected chi connectivity index (χ0v) is 20.2. The van der Waals surface area contributed by atoms with Crippen molar-refractivity contribution in [2.75, 3.05) is 0 Å². The molecule has 3 heteroatoms. The minimum Gasteiger partial charge on any atom is -0.235 e. The van der Waals surface area contributed by atoms with Gasteiger partial charge in [-0.05, 0) is 64.8 Å². The second kappa shape index (κ2) is 7.83. The third-order valence-corrected chi connectivity index (χ3v) is 7.32. The highest BCUT2D eigenvalue weighted by atomic mass is 32.1. The van der Waals surface area contributed by atoms with E-state index in [0.717, 1.165) is 27.9 Å². The predicted octanol–water partition coefficient (Wildman–Crippen LogP) is 8.38. The summed E-state index contributed by atoms with van der Waals surface area (Å²) in [6, 6.07) is 22.0. The van der Waals surface area contributed by atoms with Gasteiger partial charge >= 0.3 is 0 Å². The summed E-state index contributed by atoms with van der Waals surface area (Å²) in [7, 11) is 0. The number of hydrogen-bond acceptors (Lipinski definition) is 3. The Kier molecular flexibility index (Phi) is 5.10. The van der Waals surface area contributed by atoms with Gasteiger partial charge in [0, 0.05) is 10.4 Å². The first-order valence-electron chi connectivity index (χ1n) is 11.1. The molecule has 0 aliphatic carbocycles. The Morgan fingerprint density at radius 1 is 0.844 bits per heavy atom. The molecule has 160 valence electrons. The van der Waals surface area contributed by atoms with E-state index in [4.69, 9.17) is 4.98 Å². The average Bonchev–Trinajstić information content (AvgIpc) is 3.09. The van der Waals surface area contributed by atoms with Gasteiger partial charge in [0.05, 0.1) is 15.9 Å². The van der Waals surface area contributed by atoms with Crippen LogP contribution < -0.4 is 0 Å². The Balaban J connectivity index is 1.63. The minimum atomic E-state index is 0.284. The number of aryl methyl sites for hydroxylation is 2. The van der Waals surface area contributed by atoms with Crippen LogP contribution in [0.5, 0.6) is 0 Å². The molecule has 0 amide bonds. The van der Waals surface area contributed by atoms with Crippen LogP contribution in [0.15, 0.2) is 67.0 Å². The highest BCUT2D eigenvalue weighted by molar-refractivity contribution is 7.23. The monoisotopic (exact) mass is 436 g/mol. The van der Waals surface area contributed by atoms with Crippen molar-refractivity contribution in [3.8, 4) is 21.7 Å². The van der Waals surface area contributed by atoms with Gasteiger partial charge in [-0.1, -0.05) is 75.4 Å². The van der Waals surface area contributed by atoms with E-state index in [9.17, 15) is 0 Å². The third kappa shape index (κ3) is 3.82. The minimum absolute atomic E-state index is 0.284. The second-order valence-corrected chi connectivity index (χ2v) is 10.9. The van der Waals surface area contributed by atoms with Crippen LogP contribution in [0.25, 0.3) is 42.7 Å². The third-order valence-electron chi connectivity index (χ3n) is 6.00. The van der Waals surface area contributed by atoms with Crippen molar-refractivity contribution >= 4 is 32.3 Å². The summed E-state index contributed by atoms with van der Waals surface area (Å²) in [6.45, 7) is 11.3. The van der Waals surface area contributed by atoms with Gasteiger partial charge in [0.25, 0.3) is 0 Å². The lowest BCUT2D eigenvalue weighted by Crippen LogP contribution is -2.09. The largest absolute Gasteiger partial charge is 0.235 e. The molecule has 0 atom stereocenters. The van der Waals surface area contributed by atoms with Crippen molar-refractivity contribution in [2.24, 2.45) is 5.41 Å². The van der Waals surface area contributed by atoms with Crippen molar-refractivity contribution < 1.29 is 0 Å². The fraction of sp³-hybridized carbons (Fsp3) is 0.241. The summed E-state index contributed by atoms with van der Waals surface area (Å²) < 4.78 is 1.16. The lowest BCUT2D eigenvalue weighted by atomic mass is 9.87. The first-order valence-corrected chi connectivity index (χ1v) is 11.9. The Bertz CT molecular complexity index is 1450. The van der Waals surface area contributed by atoms with E-state index < -0.39 is 0 Å². The molecule has 0 fully saturated rings. The quantitative estimate of drug-likeness (QED) is 0.284. The van der Waals surface area contributed by atoms with Gasteiger partial charge in [-0.3, -0.25) is 0 Å². The predicted molar refractivity (Wildman–Crippen MR) is 138 cm³/mol. The number of aromatic nitrogens is 2. The molecular weight excluding hydrogens is 408 g/mol. The van der Waals surface area contributed by atoms with Crippen LogP contribution >= 0.6 is 11.3 Å². The lowest BCUT2D eigenvalue weighted by Gasteiger charge is -2.19. The molecule has 2 heterocycles. The molecule has 0 aliphatic heterocycles. The van der Waals surface area contributed by atoms with E-state index >= 15 is 0 Å². The summed E-state index contributed by atoms with van der Waals surface area (Å²) in [5, 5.41) is 2.48. The van der Waals surface area contributed by atoms with Gasteiger partial charge in [0.15, 0.2) is 0 Å². The Morgan fingerprint density at radius 2 is 1.62 bits per heavy atom. The van der Waals surface area contributed by atoms with E-state index in [1.54, 1.807) is 6.33 Å². The molecule has 2 nitrogen and oxygen atoms in total. The van der Waals surface area contributed by atoms with Crippen LogP contribution in [0, 0.1) is 19.3 Å². The summed E-state index contributed by atoms with van der Waals surface area (Å²) in [5.41, 5.74) is 8.75. The molecule has 0 spiro atoms. The van der Waals surface area contributed by atoms with E-state index in [-0.39, 0.29) is 5.41 Å². The van der Waals surface area contributed by atoms with Crippen LogP contribution in [0.1, 0.15) is 37.5 Å². The maximum Gasteiger partial charge on any atom is 0.116 e. The van der Waals surface area contributed by atoms with Crippen molar-refractivity contribution in [3.63, 3.8) is 0 Å². The molecular formula is C29H28N2S. The molecule has 0 radical (unpaired) electrons. The molecule has 0 saturated heterocycles. The molecule has 5 rings (SSSR count). The summed E-state index contributed by atoms with van der Waals surface area (Å²) in [4.78, 5) is 10.7. The molecule has 0 unspecified atom stereocenters. The molecule has 0 bridgehead atoms. The molecule has 0 saturated carbocycles. The fourth-order valence-electron chi connectivity index (χ4n) is 4.53. The number of hydrogen-bond donors (Lipinski definition) is 0. The zero-order valence-electron chi connectivity index (χ0n) is 19.4. The lowest BCUT2D eigenvalue weighted by molar-refractivity contribution is 0.411.